The third-order valence-electron chi connectivity index (χ3n) is 4.50. The minimum absolute atomic E-state index is 0.0885. The molecule has 0 aliphatic carbocycles. The Kier molecular flexibility index (Phi) is 5.99. The van der Waals surface area contributed by atoms with Gasteiger partial charge in [-0.25, -0.2) is 0 Å². The van der Waals surface area contributed by atoms with E-state index < -0.39 is 0 Å². The fourth-order valence-electron chi connectivity index (χ4n) is 2.90. The molecular formula is C21H24N2OS2. The zero-order chi connectivity index (χ0) is 18.7. The van der Waals surface area contributed by atoms with Gasteiger partial charge in [-0.3, -0.25) is 4.79 Å². The van der Waals surface area contributed by atoms with E-state index in [1.807, 2.05) is 6.07 Å². The Morgan fingerprint density at radius 2 is 1.92 bits per heavy atom. The topological polar surface area (TPSA) is 34.4 Å². The van der Waals surface area contributed by atoms with Crippen LogP contribution in [0.5, 0.6) is 0 Å². The smallest absolute Gasteiger partial charge is 0.252 e. The molecule has 0 aliphatic heterocycles. The molecule has 0 radical (unpaired) electrons. The first-order valence-corrected chi connectivity index (χ1v) is 10.9. The first-order valence-electron chi connectivity index (χ1n) is 8.70. The summed E-state index contributed by atoms with van der Waals surface area (Å²) in [6.07, 6.45) is 2.44. The van der Waals surface area contributed by atoms with E-state index in [4.69, 9.17) is 0 Å². The Morgan fingerprint density at radius 3 is 2.65 bits per heavy atom. The van der Waals surface area contributed by atoms with E-state index in [1.54, 1.807) is 23.1 Å². The number of carbonyl (C=O) groups excluding carboxylic acids is 1. The van der Waals surface area contributed by atoms with E-state index >= 15 is 0 Å². The summed E-state index contributed by atoms with van der Waals surface area (Å²) in [6.45, 7) is 7.11. The van der Waals surface area contributed by atoms with Crippen LogP contribution in [0.1, 0.15) is 22.3 Å². The molecule has 5 heteroatoms. The molecule has 0 atom stereocenters. The van der Waals surface area contributed by atoms with Crippen molar-refractivity contribution in [2.45, 2.75) is 33.7 Å². The van der Waals surface area contributed by atoms with Gasteiger partial charge < -0.3 is 4.57 Å². The summed E-state index contributed by atoms with van der Waals surface area (Å²) in [7, 11) is 0. The molecule has 26 heavy (non-hydrogen) atoms. The number of hydrogen-bond donors (Lipinski definition) is 0. The highest BCUT2D eigenvalue weighted by Gasteiger charge is 2.09. The monoisotopic (exact) mass is 384 g/mol. The zero-order valence-corrected chi connectivity index (χ0v) is 17.3. The molecule has 1 aromatic heterocycles. The van der Waals surface area contributed by atoms with Gasteiger partial charge in [0.2, 0.25) is 0 Å². The van der Waals surface area contributed by atoms with Crippen LogP contribution in [-0.4, -0.2) is 22.5 Å². The number of amides is 1. The first-order chi connectivity index (χ1) is 12.5. The second-order valence-corrected chi connectivity index (χ2v) is 8.60. The molecule has 0 saturated heterocycles. The average molecular weight is 385 g/mol. The van der Waals surface area contributed by atoms with E-state index in [2.05, 4.69) is 66.9 Å². The number of rotatable bonds is 5. The maximum atomic E-state index is 12.6. The highest BCUT2D eigenvalue weighted by molar-refractivity contribution is 7.98. The lowest BCUT2D eigenvalue weighted by atomic mass is 10.0. The van der Waals surface area contributed by atoms with Crippen LogP contribution < -0.4 is 4.80 Å². The molecule has 0 unspecified atom stereocenters. The summed E-state index contributed by atoms with van der Waals surface area (Å²) in [5, 5.41) is 0. The number of hydrogen-bond acceptors (Lipinski definition) is 3. The van der Waals surface area contributed by atoms with Crippen molar-refractivity contribution in [3.05, 3.63) is 63.5 Å². The van der Waals surface area contributed by atoms with Crippen molar-refractivity contribution in [1.82, 2.24) is 4.57 Å². The van der Waals surface area contributed by atoms with Gasteiger partial charge in [0.25, 0.3) is 5.91 Å². The van der Waals surface area contributed by atoms with E-state index in [-0.39, 0.29) is 5.91 Å². The molecule has 1 heterocycles. The Balaban J connectivity index is 1.96. The predicted octanol–water partition coefficient (Wildman–Crippen LogP) is 4.66. The fourth-order valence-corrected chi connectivity index (χ4v) is 4.44. The number of thioether (sulfide) groups is 1. The number of aromatic nitrogens is 1. The summed E-state index contributed by atoms with van der Waals surface area (Å²) in [6, 6.07) is 12.6. The quantitative estimate of drug-likeness (QED) is 0.641. The van der Waals surface area contributed by atoms with E-state index in [0.717, 1.165) is 28.2 Å². The number of aryl methyl sites for hydroxylation is 4. The van der Waals surface area contributed by atoms with Crippen molar-refractivity contribution in [2.75, 3.05) is 12.0 Å². The van der Waals surface area contributed by atoms with Crippen LogP contribution >= 0.6 is 23.1 Å². The standard InChI is InChI=1S/C21H24N2OS2/c1-14-5-8-18-19(11-14)26-21(23(18)9-10-25-4)22-20(24)13-17-7-6-15(2)16(3)12-17/h5-8,11-12H,9-10,13H2,1-4H3. The Morgan fingerprint density at radius 1 is 1.12 bits per heavy atom. The van der Waals surface area contributed by atoms with Gasteiger partial charge in [0.15, 0.2) is 4.80 Å². The van der Waals surface area contributed by atoms with Crippen molar-refractivity contribution < 1.29 is 4.79 Å². The van der Waals surface area contributed by atoms with Crippen LogP contribution in [0.3, 0.4) is 0 Å². The van der Waals surface area contributed by atoms with Crippen molar-refractivity contribution in [2.24, 2.45) is 4.99 Å². The maximum Gasteiger partial charge on any atom is 0.252 e. The summed E-state index contributed by atoms with van der Waals surface area (Å²) in [5.74, 6) is 0.910. The second-order valence-electron chi connectivity index (χ2n) is 6.60. The van der Waals surface area contributed by atoms with E-state index in [9.17, 15) is 4.79 Å². The molecule has 1 amide bonds. The van der Waals surface area contributed by atoms with Gasteiger partial charge in [0, 0.05) is 12.3 Å². The number of nitrogens with zero attached hydrogens (tertiary/aromatic N) is 2. The van der Waals surface area contributed by atoms with Crippen LogP contribution in [0.25, 0.3) is 10.2 Å². The Hall–Kier alpha value is -1.85. The second kappa shape index (κ2) is 8.23. The summed E-state index contributed by atoms with van der Waals surface area (Å²) in [5.41, 5.74) is 5.86. The molecule has 136 valence electrons. The minimum atomic E-state index is -0.0885. The molecule has 2 aromatic carbocycles. The number of benzene rings is 2. The number of thiazole rings is 1. The lowest BCUT2D eigenvalue weighted by molar-refractivity contribution is -0.117. The SMILES string of the molecule is CSCCn1c(=NC(=O)Cc2ccc(C)c(C)c2)sc2cc(C)ccc21. The summed E-state index contributed by atoms with van der Waals surface area (Å²) >= 11 is 3.40. The molecule has 0 N–H and O–H groups in total. The zero-order valence-electron chi connectivity index (χ0n) is 15.7. The van der Waals surface area contributed by atoms with Gasteiger partial charge in [-0.1, -0.05) is 35.6 Å². The summed E-state index contributed by atoms with van der Waals surface area (Å²) < 4.78 is 3.36. The van der Waals surface area contributed by atoms with Crippen molar-refractivity contribution in [3.8, 4) is 0 Å². The highest BCUT2D eigenvalue weighted by atomic mass is 32.2. The van der Waals surface area contributed by atoms with E-state index in [0.29, 0.717) is 6.42 Å². The molecule has 3 nitrogen and oxygen atoms in total. The first kappa shape index (κ1) is 18.9. The van der Waals surface area contributed by atoms with Crippen LogP contribution in [0.2, 0.25) is 0 Å². The van der Waals surface area contributed by atoms with Gasteiger partial charge in [0.1, 0.15) is 0 Å². The van der Waals surface area contributed by atoms with Crippen molar-refractivity contribution >= 4 is 39.2 Å². The normalized spacial score (nSPS) is 12.1. The van der Waals surface area contributed by atoms with Crippen molar-refractivity contribution in [3.63, 3.8) is 0 Å². The fraction of sp³-hybridized carbons (Fsp3) is 0.333. The minimum Gasteiger partial charge on any atom is -0.316 e. The van der Waals surface area contributed by atoms with Crippen LogP contribution in [0, 0.1) is 20.8 Å². The third kappa shape index (κ3) is 4.27. The predicted molar refractivity (Wildman–Crippen MR) is 113 cm³/mol. The number of fused-ring (bicyclic) bond motifs is 1. The summed E-state index contributed by atoms with van der Waals surface area (Å²) in [4.78, 5) is 17.8. The molecule has 0 bridgehead atoms. The van der Waals surface area contributed by atoms with Gasteiger partial charge >= 0.3 is 0 Å². The molecule has 0 fully saturated rings. The van der Waals surface area contributed by atoms with Crippen LogP contribution in [0.4, 0.5) is 0 Å². The molecule has 0 saturated carbocycles. The highest BCUT2D eigenvalue weighted by Crippen LogP contribution is 2.19. The Bertz CT molecular complexity index is 1010. The van der Waals surface area contributed by atoms with Gasteiger partial charge in [-0.2, -0.15) is 16.8 Å². The van der Waals surface area contributed by atoms with Gasteiger partial charge in [0.05, 0.1) is 16.6 Å². The third-order valence-corrected chi connectivity index (χ3v) is 6.14. The van der Waals surface area contributed by atoms with Crippen molar-refractivity contribution in [1.29, 1.82) is 0 Å². The van der Waals surface area contributed by atoms with E-state index in [1.165, 1.54) is 21.4 Å². The van der Waals surface area contributed by atoms with Gasteiger partial charge in [-0.15, -0.1) is 0 Å². The molecular weight excluding hydrogens is 360 g/mol. The lowest BCUT2D eigenvalue weighted by Crippen LogP contribution is -2.18. The maximum absolute atomic E-state index is 12.6. The molecule has 3 rings (SSSR count). The lowest BCUT2D eigenvalue weighted by Gasteiger charge is -2.04. The molecule has 0 spiro atoms. The van der Waals surface area contributed by atoms with Gasteiger partial charge in [-0.05, 0) is 61.4 Å². The average Bonchev–Trinajstić information content (AvgIpc) is 2.92. The Labute approximate surface area is 162 Å². The number of carbonyl (C=O) groups is 1. The molecule has 0 aliphatic rings. The van der Waals surface area contributed by atoms with Crippen LogP contribution in [0.15, 0.2) is 41.4 Å². The molecule has 3 aromatic rings. The van der Waals surface area contributed by atoms with Crippen LogP contribution in [-0.2, 0) is 17.8 Å². The largest absolute Gasteiger partial charge is 0.316 e.